The quantitative estimate of drug-likeness (QED) is 0.227. The molecule has 0 saturated heterocycles. The van der Waals surface area contributed by atoms with Gasteiger partial charge < -0.3 is 19.0 Å². The molecule has 0 saturated carbocycles. The van der Waals surface area contributed by atoms with Crippen molar-refractivity contribution >= 4 is 12.4 Å². The number of nitrogens with zero attached hydrogens (tertiary/aromatic N) is 2. The Labute approximate surface area is 224 Å². The second-order valence-corrected chi connectivity index (χ2v) is 9.18. The topological polar surface area (TPSA) is 68.3 Å². The molecule has 0 spiro atoms. The first kappa shape index (κ1) is 27.5. The Morgan fingerprint density at radius 1 is 0.842 bits per heavy atom. The zero-order chi connectivity index (χ0) is 26.9. The molecule has 3 aromatic rings. The fraction of sp³-hybridized carbons (Fsp3) is 0.355. The van der Waals surface area contributed by atoms with E-state index in [0.29, 0.717) is 26.3 Å². The van der Waals surface area contributed by atoms with Gasteiger partial charge in [-0.2, -0.15) is 0 Å². The third-order valence-corrected chi connectivity index (χ3v) is 6.79. The van der Waals surface area contributed by atoms with Crippen molar-refractivity contribution in [1.82, 2.24) is 9.80 Å². The molecule has 1 atom stereocenters. The summed E-state index contributed by atoms with van der Waals surface area (Å²) in [4.78, 5) is 29.8. The number of fused-ring (bicyclic) bond motifs is 3. The van der Waals surface area contributed by atoms with Crippen molar-refractivity contribution in [3.63, 3.8) is 0 Å². The van der Waals surface area contributed by atoms with E-state index < -0.39 is 24.5 Å². The van der Waals surface area contributed by atoms with Gasteiger partial charge >= 0.3 is 6.09 Å². The van der Waals surface area contributed by atoms with Crippen LogP contribution in [0.4, 0.5) is 4.79 Å². The summed E-state index contributed by atoms with van der Waals surface area (Å²) in [6, 6.07) is 24.8. The Hall–Kier alpha value is -3.52. The Morgan fingerprint density at radius 2 is 1.39 bits per heavy atom. The van der Waals surface area contributed by atoms with Gasteiger partial charge in [-0.3, -0.25) is 9.80 Å². The van der Waals surface area contributed by atoms with Crippen LogP contribution in [0.3, 0.4) is 0 Å². The molecule has 0 aromatic heterocycles. The lowest BCUT2D eigenvalue weighted by Gasteiger charge is -2.37. The van der Waals surface area contributed by atoms with Crippen molar-refractivity contribution in [1.29, 1.82) is 0 Å². The Bertz CT molecular complexity index is 1150. The van der Waals surface area contributed by atoms with Crippen LogP contribution in [0, 0.1) is 0 Å². The zero-order valence-corrected chi connectivity index (χ0v) is 22.3. The van der Waals surface area contributed by atoms with E-state index in [4.69, 9.17) is 14.2 Å². The second-order valence-electron chi connectivity index (χ2n) is 9.18. The molecule has 200 valence electrons. The average molecular weight is 517 g/mol. The summed E-state index contributed by atoms with van der Waals surface area (Å²) in [5.74, 6) is 0. The van der Waals surface area contributed by atoms with Crippen molar-refractivity contribution in [2.24, 2.45) is 0 Å². The minimum Gasteiger partial charge on any atom is -0.453 e. The summed E-state index contributed by atoms with van der Waals surface area (Å²) in [5, 5.41) is 0. The van der Waals surface area contributed by atoms with Gasteiger partial charge in [0.1, 0.15) is 12.3 Å². The lowest BCUT2D eigenvalue weighted by atomic mass is 10.0. The van der Waals surface area contributed by atoms with E-state index in [1.807, 2.05) is 80.6 Å². The number of carbonyl (C=O) groups is 2. The van der Waals surface area contributed by atoms with Gasteiger partial charge in [-0.25, -0.2) is 4.79 Å². The maximum atomic E-state index is 13.4. The highest BCUT2D eigenvalue weighted by atomic mass is 16.7. The SMILES string of the molecule is CCOC(CN(Cc1ccccc1)CC(C=O)N(C(=O)OC)C1c2ccccc2-c2ccccc21)OCC. The largest absolute Gasteiger partial charge is 0.453 e. The molecule has 0 N–H and O–H groups in total. The number of ether oxygens (including phenoxy) is 3. The molecule has 7 nitrogen and oxygen atoms in total. The molecule has 1 aliphatic rings. The number of carbonyl (C=O) groups excluding carboxylic acids is 2. The van der Waals surface area contributed by atoms with E-state index in [9.17, 15) is 9.59 Å². The molecule has 0 heterocycles. The number of methoxy groups -OCH3 is 1. The van der Waals surface area contributed by atoms with Crippen LogP contribution in [0.15, 0.2) is 78.9 Å². The summed E-state index contributed by atoms with van der Waals surface area (Å²) in [5.41, 5.74) is 5.15. The first-order valence-electron chi connectivity index (χ1n) is 13.1. The van der Waals surface area contributed by atoms with Crippen LogP contribution in [-0.4, -0.2) is 67.9 Å². The van der Waals surface area contributed by atoms with Gasteiger partial charge in [0.2, 0.25) is 0 Å². The number of aldehydes is 1. The molecule has 0 radical (unpaired) electrons. The Balaban J connectivity index is 1.70. The zero-order valence-electron chi connectivity index (χ0n) is 22.3. The number of benzene rings is 3. The molecule has 7 heteroatoms. The molecule has 0 bridgehead atoms. The minimum absolute atomic E-state index is 0.283. The van der Waals surface area contributed by atoms with Crippen LogP contribution in [0.1, 0.15) is 36.6 Å². The summed E-state index contributed by atoms with van der Waals surface area (Å²) in [6.45, 7) is 6.15. The Morgan fingerprint density at radius 3 is 1.92 bits per heavy atom. The van der Waals surface area contributed by atoms with Gasteiger partial charge in [0.15, 0.2) is 6.29 Å². The van der Waals surface area contributed by atoms with Gasteiger partial charge in [-0.15, -0.1) is 0 Å². The summed E-state index contributed by atoms with van der Waals surface area (Å²) >= 11 is 0. The smallest absolute Gasteiger partial charge is 0.410 e. The van der Waals surface area contributed by atoms with Crippen molar-refractivity contribution in [3.05, 3.63) is 95.6 Å². The van der Waals surface area contributed by atoms with Gasteiger partial charge in [-0.1, -0.05) is 78.9 Å². The monoisotopic (exact) mass is 516 g/mol. The van der Waals surface area contributed by atoms with E-state index in [1.54, 1.807) is 4.90 Å². The molecular weight excluding hydrogens is 480 g/mol. The first-order chi connectivity index (χ1) is 18.6. The van der Waals surface area contributed by atoms with Crippen LogP contribution in [-0.2, 0) is 25.5 Å². The highest BCUT2D eigenvalue weighted by molar-refractivity contribution is 5.82. The number of rotatable bonds is 13. The third kappa shape index (κ3) is 6.13. The maximum absolute atomic E-state index is 13.4. The summed E-state index contributed by atoms with van der Waals surface area (Å²) < 4.78 is 16.9. The van der Waals surface area contributed by atoms with E-state index in [-0.39, 0.29) is 6.54 Å². The molecule has 0 aliphatic heterocycles. The molecule has 0 fully saturated rings. The minimum atomic E-state index is -0.778. The van der Waals surface area contributed by atoms with E-state index in [0.717, 1.165) is 34.1 Å². The third-order valence-electron chi connectivity index (χ3n) is 6.79. The fourth-order valence-corrected chi connectivity index (χ4v) is 5.21. The molecule has 1 amide bonds. The molecule has 1 unspecified atom stereocenters. The molecular formula is C31H36N2O5. The first-order valence-corrected chi connectivity index (χ1v) is 13.1. The van der Waals surface area contributed by atoms with E-state index >= 15 is 0 Å². The van der Waals surface area contributed by atoms with Crippen LogP contribution < -0.4 is 0 Å². The Kier molecular flexibility index (Phi) is 9.65. The van der Waals surface area contributed by atoms with Gasteiger partial charge in [0, 0.05) is 32.8 Å². The highest BCUT2D eigenvalue weighted by Crippen LogP contribution is 2.47. The van der Waals surface area contributed by atoms with Crippen LogP contribution in [0.25, 0.3) is 11.1 Å². The number of amides is 1. The molecule has 4 rings (SSSR count). The van der Waals surface area contributed by atoms with Crippen LogP contribution in [0.2, 0.25) is 0 Å². The van der Waals surface area contributed by atoms with E-state index in [1.165, 1.54) is 7.11 Å². The van der Waals surface area contributed by atoms with E-state index in [2.05, 4.69) is 17.0 Å². The van der Waals surface area contributed by atoms with Crippen molar-refractivity contribution in [2.45, 2.75) is 38.8 Å². The molecule has 1 aliphatic carbocycles. The van der Waals surface area contributed by atoms with Crippen molar-refractivity contribution < 1.29 is 23.8 Å². The van der Waals surface area contributed by atoms with Crippen LogP contribution >= 0.6 is 0 Å². The lowest BCUT2D eigenvalue weighted by molar-refractivity contribution is -0.149. The molecule has 3 aromatic carbocycles. The average Bonchev–Trinajstić information content (AvgIpc) is 3.27. The standard InChI is InChI=1S/C31H36N2O5/c1-4-37-29(38-5-2)21-32(19-23-13-7-6-8-14-23)20-24(22-34)33(31(35)36-3)30-27-17-11-9-15-25(27)26-16-10-12-18-28(26)30/h6-18,22,24,29-30H,4-5,19-21H2,1-3H3. The summed E-state index contributed by atoms with van der Waals surface area (Å²) in [6.07, 6.45) is -0.167. The van der Waals surface area contributed by atoms with Crippen molar-refractivity contribution in [2.75, 3.05) is 33.4 Å². The predicted molar refractivity (Wildman–Crippen MR) is 147 cm³/mol. The van der Waals surface area contributed by atoms with Crippen LogP contribution in [0.5, 0.6) is 0 Å². The molecule has 38 heavy (non-hydrogen) atoms. The highest BCUT2D eigenvalue weighted by Gasteiger charge is 2.40. The summed E-state index contributed by atoms with van der Waals surface area (Å²) in [7, 11) is 1.35. The van der Waals surface area contributed by atoms with Gasteiger partial charge in [0.05, 0.1) is 13.2 Å². The predicted octanol–water partition coefficient (Wildman–Crippen LogP) is 5.29. The maximum Gasteiger partial charge on any atom is 0.410 e. The van der Waals surface area contributed by atoms with Crippen molar-refractivity contribution in [3.8, 4) is 11.1 Å². The number of hydrogen-bond donors (Lipinski definition) is 0. The normalized spacial score (nSPS) is 13.3. The second kappa shape index (κ2) is 13.3. The van der Waals surface area contributed by atoms with Gasteiger partial charge in [0.25, 0.3) is 0 Å². The fourth-order valence-electron chi connectivity index (χ4n) is 5.21. The lowest BCUT2D eigenvalue weighted by Crippen LogP contribution is -2.50. The number of hydrogen-bond acceptors (Lipinski definition) is 6. The van der Waals surface area contributed by atoms with Gasteiger partial charge in [-0.05, 0) is 41.7 Å².